The number of likely N-dealkylation sites (tertiary alicyclic amines) is 2. The van der Waals surface area contributed by atoms with Gasteiger partial charge in [0.1, 0.15) is 17.2 Å². The van der Waals surface area contributed by atoms with Crippen molar-refractivity contribution in [1.82, 2.24) is 39.7 Å². The predicted octanol–water partition coefficient (Wildman–Crippen LogP) is 4.27. The van der Waals surface area contributed by atoms with Gasteiger partial charge in [0.05, 0.1) is 48.9 Å². The van der Waals surface area contributed by atoms with Gasteiger partial charge in [-0.2, -0.15) is 0 Å². The molecule has 2 saturated heterocycles. The Bertz CT molecular complexity index is 1760. The summed E-state index contributed by atoms with van der Waals surface area (Å²) >= 11 is 0. The highest BCUT2D eigenvalue weighted by molar-refractivity contribution is 5.96. The Labute approximate surface area is 253 Å². The normalized spacial score (nSPS) is 18.1. The Morgan fingerprint density at radius 2 is 1.43 bits per heavy atom. The van der Waals surface area contributed by atoms with E-state index in [0.717, 1.165) is 41.1 Å². The van der Waals surface area contributed by atoms with Crippen LogP contribution in [0.15, 0.2) is 79.8 Å². The Kier molecular flexibility index (Phi) is 7.22. The highest BCUT2D eigenvalue weighted by Crippen LogP contribution is 2.33. The second kappa shape index (κ2) is 11.6. The van der Waals surface area contributed by atoms with Crippen LogP contribution >= 0.6 is 0 Å². The van der Waals surface area contributed by atoms with Crippen molar-refractivity contribution in [3.05, 3.63) is 97.0 Å². The molecule has 0 unspecified atom stereocenters. The maximum absolute atomic E-state index is 12.9. The molecular weight excluding hydrogens is 558 g/mol. The van der Waals surface area contributed by atoms with Crippen LogP contribution in [0.2, 0.25) is 0 Å². The minimum atomic E-state index is -0.259. The largest absolute Gasteiger partial charge is 0.341 e. The number of carbonyl (C=O) groups is 3. The summed E-state index contributed by atoms with van der Waals surface area (Å²) in [6.07, 6.45) is 10.2. The molecule has 3 amide bonds. The third kappa shape index (κ3) is 5.37. The van der Waals surface area contributed by atoms with Crippen LogP contribution in [-0.4, -0.2) is 77.1 Å². The van der Waals surface area contributed by atoms with E-state index in [2.05, 4.69) is 47.4 Å². The molecule has 4 N–H and O–H groups in total. The number of rotatable bonds is 7. The molecule has 2 atom stereocenters. The van der Waals surface area contributed by atoms with E-state index in [1.165, 1.54) is 18.9 Å². The van der Waals surface area contributed by atoms with Crippen molar-refractivity contribution in [3.8, 4) is 22.4 Å². The van der Waals surface area contributed by atoms with Gasteiger partial charge >= 0.3 is 0 Å². The molecule has 3 aromatic heterocycles. The van der Waals surface area contributed by atoms with Crippen LogP contribution in [0.5, 0.6) is 0 Å². The Morgan fingerprint density at radius 1 is 0.773 bits per heavy atom. The van der Waals surface area contributed by atoms with E-state index in [0.29, 0.717) is 43.1 Å². The van der Waals surface area contributed by atoms with Gasteiger partial charge in [0.15, 0.2) is 0 Å². The summed E-state index contributed by atoms with van der Waals surface area (Å²) in [5.74, 6) is 0.222. The van der Waals surface area contributed by atoms with Crippen molar-refractivity contribution in [2.24, 2.45) is 5.92 Å². The molecule has 0 aliphatic carbocycles. The monoisotopic (exact) mass is 589 g/mol. The maximum Gasteiger partial charge on any atom is 0.272 e. The summed E-state index contributed by atoms with van der Waals surface area (Å²) in [5, 5.41) is 2.99. The van der Waals surface area contributed by atoms with Crippen molar-refractivity contribution in [2.45, 2.75) is 25.3 Å². The standard InChI is InChI=1S/C32H31N9O3/c42-30(23-11-13-40(17-23)31(43)26-14-33-18-36-26)38-24-9-7-21(8-10-24)20-3-5-22(6-4-20)25-16-35-29(39-25)28-2-1-12-41(28)32(44)27-15-34-19-37-27/h3-10,14-16,18-19,23,28H,1-2,11-13,17H2,(H,33,36)(H,34,37)(H,35,39)(H,38,42)/t23-,28-/m0/s1. The van der Waals surface area contributed by atoms with Gasteiger partial charge in [-0.05, 0) is 48.1 Å². The fraction of sp³-hybridized carbons (Fsp3) is 0.250. The number of anilines is 1. The van der Waals surface area contributed by atoms with Crippen LogP contribution < -0.4 is 5.32 Å². The first-order valence-corrected chi connectivity index (χ1v) is 14.7. The first-order chi connectivity index (χ1) is 21.5. The number of amides is 3. The number of benzene rings is 2. The number of nitrogens with zero attached hydrogens (tertiary/aromatic N) is 5. The van der Waals surface area contributed by atoms with Crippen LogP contribution in [0.25, 0.3) is 22.4 Å². The Balaban J connectivity index is 0.964. The van der Waals surface area contributed by atoms with Gasteiger partial charge in [0.2, 0.25) is 5.91 Å². The summed E-state index contributed by atoms with van der Waals surface area (Å²) in [6.45, 7) is 1.60. The number of nitrogens with one attached hydrogen (secondary N) is 4. The molecule has 12 heteroatoms. The predicted molar refractivity (Wildman–Crippen MR) is 162 cm³/mol. The van der Waals surface area contributed by atoms with E-state index in [-0.39, 0.29) is 29.7 Å². The van der Waals surface area contributed by atoms with Crippen molar-refractivity contribution >= 4 is 23.4 Å². The zero-order valence-electron chi connectivity index (χ0n) is 23.9. The number of hydrogen-bond acceptors (Lipinski definition) is 6. The second-order valence-electron chi connectivity index (χ2n) is 11.1. The summed E-state index contributed by atoms with van der Waals surface area (Å²) < 4.78 is 0. The Hall–Kier alpha value is -5.52. The molecule has 2 fully saturated rings. The first kappa shape index (κ1) is 27.3. The van der Waals surface area contributed by atoms with Gasteiger partial charge in [-0.15, -0.1) is 0 Å². The van der Waals surface area contributed by atoms with E-state index in [1.807, 2.05) is 47.5 Å². The summed E-state index contributed by atoms with van der Waals surface area (Å²) in [4.78, 5) is 63.5. The molecule has 7 rings (SSSR count). The minimum absolute atomic E-state index is 0.0686. The average molecular weight is 590 g/mol. The quantitative estimate of drug-likeness (QED) is 0.222. The second-order valence-corrected chi connectivity index (χ2v) is 11.1. The van der Waals surface area contributed by atoms with Gasteiger partial charge in [-0.25, -0.2) is 15.0 Å². The van der Waals surface area contributed by atoms with Gasteiger partial charge < -0.3 is 30.1 Å². The van der Waals surface area contributed by atoms with Gasteiger partial charge in [0, 0.05) is 25.3 Å². The zero-order chi connectivity index (χ0) is 30.0. The molecule has 5 aromatic rings. The summed E-state index contributed by atoms with van der Waals surface area (Å²) in [5.41, 5.74) is 5.58. The lowest BCUT2D eigenvalue weighted by Gasteiger charge is -2.22. The number of aromatic amines is 3. The fourth-order valence-corrected chi connectivity index (χ4v) is 6.01. The smallest absolute Gasteiger partial charge is 0.272 e. The Morgan fingerprint density at radius 3 is 2.11 bits per heavy atom. The molecule has 5 heterocycles. The summed E-state index contributed by atoms with van der Waals surface area (Å²) in [6, 6.07) is 15.8. The lowest BCUT2D eigenvalue weighted by atomic mass is 10.0. The number of aromatic nitrogens is 6. The van der Waals surface area contributed by atoms with Crippen molar-refractivity contribution < 1.29 is 14.4 Å². The SMILES string of the molecule is O=C(Nc1ccc(-c2ccc(-c3cnc([C@@H]4CCCN4C(=O)c4cnc[nH]4)[nH]3)cc2)cc1)[C@H]1CCN(C(=O)c2cnc[nH]2)C1. The molecule has 12 nitrogen and oxygen atoms in total. The number of hydrogen-bond donors (Lipinski definition) is 4. The van der Waals surface area contributed by atoms with Crippen molar-refractivity contribution in [1.29, 1.82) is 0 Å². The van der Waals surface area contributed by atoms with Gasteiger partial charge in [-0.3, -0.25) is 14.4 Å². The van der Waals surface area contributed by atoms with Crippen LogP contribution in [-0.2, 0) is 4.79 Å². The minimum Gasteiger partial charge on any atom is -0.341 e. The van der Waals surface area contributed by atoms with Crippen molar-refractivity contribution in [2.75, 3.05) is 25.0 Å². The maximum atomic E-state index is 12.9. The number of H-pyrrole nitrogens is 3. The third-order valence-electron chi connectivity index (χ3n) is 8.41. The van der Waals surface area contributed by atoms with E-state index in [1.54, 1.807) is 11.1 Å². The van der Waals surface area contributed by atoms with E-state index in [9.17, 15) is 14.4 Å². The lowest BCUT2D eigenvalue weighted by molar-refractivity contribution is -0.119. The molecule has 0 bridgehead atoms. The molecule has 2 aliphatic heterocycles. The number of imidazole rings is 3. The molecule has 44 heavy (non-hydrogen) atoms. The fourth-order valence-electron chi connectivity index (χ4n) is 6.01. The molecule has 222 valence electrons. The molecule has 0 spiro atoms. The van der Waals surface area contributed by atoms with Gasteiger partial charge in [0.25, 0.3) is 11.8 Å². The lowest BCUT2D eigenvalue weighted by Crippen LogP contribution is -2.31. The molecule has 2 aliphatic rings. The zero-order valence-corrected chi connectivity index (χ0v) is 23.9. The van der Waals surface area contributed by atoms with E-state index < -0.39 is 0 Å². The van der Waals surface area contributed by atoms with Crippen LogP contribution in [0, 0.1) is 5.92 Å². The van der Waals surface area contributed by atoms with Crippen molar-refractivity contribution in [3.63, 3.8) is 0 Å². The molecule has 0 radical (unpaired) electrons. The van der Waals surface area contributed by atoms with Gasteiger partial charge in [-0.1, -0.05) is 36.4 Å². The molecule has 0 saturated carbocycles. The van der Waals surface area contributed by atoms with E-state index in [4.69, 9.17) is 0 Å². The average Bonchev–Trinajstić information content (AvgIpc) is 3.90. The highest BCUT2D eigenvalue weighted by Gasteiger charge is 2.34. The summed E-state index contributed by atoms with van der Waals surface area (Å²) in [7, 11) is 0. The van der Waals surface area contributed by atoms with E-state index >= 15 is 0 Å². The van der Waals surface area contributed by atoms with Crippen LogP contribution in [0.3, 0.4) is 0 Å². The molecular formula is C32H31N9O3. The number of carbonyl (C=O) groups excluding carboxylic acids is 3. The topological polar surface area (TPSA) is 156 Å². The molecule has 2 aromatic carbocycles. The first-order valence-electron chi connectivity index (χ1n) is 14.7. The highest BCUT2D eigenvalue weighted by atomic mass is 16.2. The third-order valence-corrected chi connectivity index (χ3v) is 8.41. The van der Waals surface area contributed by atoms with Crippen LogP contribution in [0.4, 0.5) is 5.69 Å². The van der Waals surface area contributed by atoms with Crippen LogP contribution in [0.1, 0.15) is 52.1 Å².